The highest BCUT2D eigenvalue weighted by Crippen LogP contribution is 2.37. The Hall–Kier alpha value is -2.36. The molecule has 1 aromatic heterocycles. The van der Waals surface area contributed by atoms with Gasteiger partial charge in [0.2, 0.25) is 0 Å². The van der Waals surface area contributed by atoms with Crippen molar-refractivity contribution in [2.45, 2.75) is 13.8 Å². The highest BCUT2D eigenvalue weighted by atomic mass is 19.1. The zero-order valence-corrected chi connectivity index (χ0v) is 12.4. The molecule has 1 heterocycles. The molecule has 0 saturated carbocycles. The van der Waals surface area contributed by atoms with E-state index in [0.717, 1.165) is 0 Å². The second-order valence-electron chi connectivity index (χ2n) is 4.50. The van der Waals surface area contributed by atoms with Gasteiger partial charge in [0, 0.05) is 22.9 Å². The van der Waals surface area contributed by atoms with E-state index in [4.69, 9.17) is 9.47 Å². The van der Waals surface area contributed by atoms with E-state index in [2.05, 4.69) is 11.6 Å². The normalized spacial score (nSPS) is 10.3. The Kier molecular flexibility index (Phi) is 4.58. The van der Waals surface area contributed by atoms with Crippen LogP contribution in [-0.2, 0) is 4.74 Å². The van der Waals surface area contributed by atoms with Crippen LogP contribution in [0, 0.1) is 12.7 Å². The van der Waals surface area contributed by atoms with Crippen molar-refractivity contribution >= 4 is 5.76 Å². The molecule has 1 aromatic carbocycles. The largest absolute Gasteiger partial charge is 0.496 e. The van der Waals surface area contributed by atoms with E-state index in [1.807, 2.05) is 19.1 Å². The molecule has 0 radical (unpaired) electrons. The van der Waals surface area contributed by atoms with Gasteiger partial charge in [0.25, 0.3) is 0 Å². The number of halogens is 1. The summed E-state index contributed by atoms with van der Waals surface area (Å²) in [5, 5.41) is 0. The first kappa shape index (κ1) is 15.0. The van der Waals surface area contributed by atoms with Crippen molar-refractivity contribution in [2.24, 2.45) is 0 Å². The molecule has 0 fully saturated rings. The van der Waals surface area contributed by atoms with Crippen LogP contribution in [0.4, 0.5) is 4.39 Å². The Morgan fingerprint density at radius 1 is 1.33 bits per heavy atom. The third-order valence-electron chi connectivity index (χ3n) is 3.19. The third-order valence-corrected chi connectivity index (χ3v) is 3.19. The molecular formula is C17H18FNO2. The lowest BCUT2D eigenvalue weighted by atomic mass is 9.98. The Morgan fingerprint density at radius 2 is 2.05 bits per heavy atom. The minimum Gasteiger partial charge on any atom is -0.496 e. The SMILES string of the molecule is C=C(OCC)c1cnc(C)c(F)c1-c1ccccc1OC. The van der Waals surface area contributed by atoms with Crippen molar-refractivity contribution in [1.82, 2.24) is 4.98 Å². The summed E-state index contributed by atoms with van der Waals surface area (Å²) in [5.41, 5.74) is 1.91. The average Bonchev–Trinajstić information content (AvgIpc) is 2.50. The van der Waals surface area contributed by atoms with Crippen molar-refractivity contribution in [3.63, 3.8) is 0 Å². The van der Waals surface area contributed by atoms with Crippen LogP contribution in [-0.4, -0.2) is 18.7 Å². The van der Waals surface area contributed by atoms with Gasteiger partial charge in [-0.25, -0.2) is 4.39 Å². The Labute approximate surface area is 124 Å². The van der Waals surface area contributed by atoms with Crippen LogP contribution < -0.4 is 4.74 Å². The van der Waals surface area contributed by atoms with Gasteiger partial charge in [-0.1, -0.05) is 24.8 Å². The monoisotopic (exact) mass is 287 g/mol. The van der Waals surface area contributed by atoms with Crippen molar-refractivity contribution in [3.8, 4) is 16.9 Å². The Balaban J connectivity index is 2.71. The fourth-order valence-electron chi connectivity index (χ4n) is 2.16. The minimum atomic E-state index is -0.391. The van der Waals surface area contributed by atoms with Crippen LogP contribution in [0.1, 0.15) is 18.2 Å². The zero-order chi connectivity index (χ0) is 15.4. The second kappa shape index (κ2) is 6.39. The van der Waals surface area contributed by atoms with E-state index in [0.29, 0.717) is 40.5 Å². The summed E-state index contributed by atoms with van der Waals surface area (Å²) < 4.78 is 25.4. The van der Waals surface area contributed by atoms with E-state index in [-0.39, 0.29) is 0 Å². The summed E-state index contributed by atoms with van der Waals surface area (Å²) >= 11 is 0. The van der Waals surface area contributed by atoms with Crippen molar-refractivity contribution in [1.29, 1.82) is 0 Å². The highest BCUT2D eigenvalue weighted by molar-refractivity contribution is 5.81. The number of pyridine rings is 1. The Morgan fingerprint density at radius 3 is 2.71 bits per heavy atom. The molecule has 21 heavy (non-hydrogen) atoms. The predicted molar refractivity (Wildman–Crippen MR) is 81.6 cm³/mol. The summed E-state index contributed by atoms with van der Waals surface area (Å²) in [6.07, 6.45) is 1.58. The summed E-state index contributed by atoms with van der Waals surface area (Å²) in [7, 11) is 1.56. The van der Waals surface area contributed by atoms with Gasteiger partial charge in [-0.05, 0) is 19.9 Å². The zero-order valence-electron chi connectivity index (χ0n) is 12.4. The average molecular weight is 287 g/mol. The quantitative estimate of drug-likeness (QED) is 0.772. The molecule has 0 atom stereocenters. The molecule has 2 aromatic rings. The number of rotatable bonds is 5. The fraction of sp³-hybridized carbons (Fsp3) is 0.235. The van der Waals surface area contributed by atoms with Gasteiger partial charge in [-0.2, -0.15) is 0 Å². The molecule has 0 aliphatic carbocycles. The molecule has 0 N–H and O–H groups in total. The number of ether oxygens (including phenoxy) is 2. The number of benzene rings is 1. The number of para-hydroxylation sites is 1. The summed E-state index contributed by atoms with van der Waals surface area (Å²) in [6.45, 7) is 7.80. The van der Waals surface area contributed by atoms with E-state index < -0.39 is 5.82 Å². The van der Waals surface area contributed by atoms with Gasteiger partial charge in [0.1, 0.15) is 11.5 Å². The standard InChI is InChI=1S/C17H18FNO2/c1-5-21-12(3)14-10-19-11(2)17(18)16(14)13-8-6-7-9-15(13)20-4/h6-10H,3,5H2,1-2,4H3. The van der Waals surface area contributed by atoms with Crippen LogP contribution in [0.3, 0.4) is 0 Å². The lowest BCUT2D eigenvalue weighted by Gasteiger charge is -2.16. The maximum Gasteiger partial charge on any atom is 0.153 e. The molecule has 110 valence electrons. The summed E-state index contributed by atoms with van der Waals surface area (Å²) in [4.78, 5) is 4.07. The highest BCUT2D eigenvalue weighted by Gasteiger charge is 2.19. The smallest absolute Gasteiger partial charge is 0.153 e. The van der Waals surface area contributed by atoms with Crippen molar-refractivity contribution in [3.05, 3.63) is 54.1 Å². The number of aryl methyl sites for hydroxylation is 1. The molecule has 0 saturated heterocycles. The lowest BCUT2D eigenvalue weighted by molar-refractivity contribution is 0.299. The number of hydrogen-bond acceptors (Lipinski definition) is 3. The van der Waals surface area contributed by atoms with Gasteiger partial charge < -0.3 is 9.47 Å². The molecular weight excluding hydrogens is 269 g/mol. The molecule has 0 spiro atoms. The number of hydrogen-bond donors (Lipinski definition) is 0. The number of nitrogens with zero attached hydrogens (tertiary/aromatic N) is 1. The molecule has 2 rings (SSSR count). The number of methoxy groups -OCH3 is 1. The van der Waals surface area contributed by atoms with Gasteiger partial charge >= 0.3 is 0 Å². The summed E-state index contributed by atoms with van der Waals surface area (Å²) in [5.74, 6) is 0.593. The molecule has 0 unspecified atom stereocenters. The fourth-order valence-corrected chi connectivity index (χ4v) is 2.16. The molecule has 0 amide bonds. The van der Waals surface area contributed by atoms with Crippen molar-refractivity contribution < 1.29 is 13.9 Å². The molecule has 3 nitrogen and oxygen atoms in total. The van der Waals surface area contributed by atoms with E-state index >= 15 is 0 Å². The van der Waals surface area contributed by atoms with Gasteiger partial charge in [0.15, 0.2) is 5.82 Å². The second-order valence-corrected chi connectivity index (χ2v) is 4.50. The van der Waals surface area contributed by atoms with Crippen LogP contribution in [0.25, 0.3) is 16.9 Å². The topological polar surface area (TPSA) is 31.4 Å². The van der Waals surface area contributed by atoms with Gasteiger partial charge in [0.05, 0.1) is 19.4 Å². The van der Waals surface area contributed by atoms with Crippen LogP contribution in [0.2, 0.25) is 0 Å². The minimum absolute atomic E-state index is 0.323. The van der Waals surface area contributed by atoms with Crippen LogP contribution in [0.5, 0.6) is 5.75 Å². The van der Waals surface area contributed by atoms with Gasteiger partial charge in [-0.15, -0.1) is 0 Å². The number of aromatic nitrogens is 1. The lowest BCUT2D eigenvalue weighted by Crippen LogP contribution is -2.02. The van der Waals surface area contributed by atoms with E-state index in [1.165, 1.54) is 0 Å². The maximum atomic E-state index is 14.7. The maximum absolute atomic E-state index is 14.7. The summed E-state index contributed by atoms with van der Waals surface area (Å²) in [6, 6.07) is 7.27. The first-order chi connectivity index (χ1) is 10.1. The van der Waals surface area contributed by atoms with Crippen LogP contribution >= 0.6 is 0 Å². The van der Waals surface area contributed by atoms with E-state index in [1.54, 1.807) is 32.4 Å². The Bertz CT molecular complexity index is 668. The molecule has 0 aliphatic heterocycles. The first-order valence-electron chi connectivity index (χ1n) is 6.70. The predicted octanol–water partition coefficient (Wildman–Crippen LogP) is 4.21. The van der Waals surface area contributed by atoms with Gasteiger partial charge in [-0.3, -0.25) is 4.98 Å². The molecule has 0 bridgehead atoms. The molecule has 4 heteroatoms. The molecule has 0 aliphatic rings. The third kappa shape index (κ3) is 2.89. The van der Waals surface area contributed by atoms with E-state index in [9.17, 15) is 4.39 Å². The van der Waals surface area contributed by atoms with Crippen LogP contribution in [0.15, 0.2) is 37.0 Å². The first-order valence-corrected chi connectivity index (χ1v) is 6.70. The van der Waals surface area contributed by atoms with Crippen molar-refractivity contribution in [2.75, 3.05) is 13.7 Å².